The van der Waals surface area contributed by atoms with Crippen molar-refractivity contribution in [1.29, 1.82) is 0 Å². The molecule has 0 fully saturated rings. The number of unbranched alkanes of at least 4 members (excludes halogenated alkanes) is 31. The molecule has 0 spiro atoms. The Labute approximate surface area is 470 Å². The fourth-order valence-corrected chi connectivity index (χ4v) is 9.07. The quantitative estimate of drug-likeness (QED) is 0.0261. The van der Waals surface area contributed by atoms with Gasteiger partial charge in [-0.3, -0.25) is 14.4 Å². The number of rotatable bonds is 58. The maximum Gasteiger partial charge on any atom is 0.306 e. The molecule has 0 aromatic rings. The van der Waals surface area contributed by atoms with E-state index < -0.39 is 6.10 Å². The first-order chi connectivity index (χ1) is 37.5. The van der Waals surface area contributed by atoms with Crippen LogP contribution in [0.25, 0.3) is 0 Å². The van der Waals surface area contributed by atoms with Crippen LogP contribution in [0, 0.1) is 0 Å². The minimum absolute atomic E-state index is 0.0903. The smallest absolute Gasteiger partial charge is 0.306 e. The second kappa shape index (κ2) is 63.9. The number of esters is 3. The predicted molar refractivity (Wildman–Crippen MR) is 330 cm³/mol. The van der Waals surface area contributed by atoms with E-state index >= 15 is 0 Å². The molecule has 1 unspecified atom stereocenters. The van der Waals surface area contributed by atoms with E-state index in [1.807, 2.05) is 0 Å². The van der Waals surface area contributed by atoms with Crippen LogP contribution in [-0.2, 0) is 28.6 Å². The first-order valence-corrected chi connectivity index (χ1v) is 32.2. The number of carbonyl (C=O) groups is 3. The van der Waals surface area contributed by atoms with Gasteiger partial charge in [-0.2, -0.15) is 0 Å². The van der Waals surface area contributed by atoms with Gasteiger partial charge in [0.1, 0.15) is 13.2 Å². The second-order valence-corrected chi connectivity index (χ2v) is 21.3. The zero-order valence-electron chi connectivity index (χ0n) is 50.0. The van der Waals surface area contributed by atoms with Crippen molar-refractivity contribution in [3.63, 3.8) is 0 Å². The van der Waals surface area contributed by atoms with Gasteiger partial charge in [-0.15, -0.1) is 0 Å². The third-order valence-corrected chi connectivity index (χ3v) is 13.8. The van der Waals surface area contributed by atoms with Gasteiger partial charge in [-0.1, -0.05) is 291 Å². The van der Waals surface area contributed by atoms with Crippen LogP contribution >= 0.6 is 0 Å². The van der Waals surface area contributed by atoms with Crippen molar-refractivity contribution in [2.45, 2.75) is 316 Å². The lowest BCUT2D eigenvalue weighted by Crippen LogP contribution is -2.30. The molecule has 0 aromatic carbocycles. The molecule has 0 aromatic heterocycles. The maximum absolute atomic E-state index is 12.9. The molecule has 0 aliphatic rings. The molecular formula is C70H120O6. The Bertz CT molecular complexity index is 1490. The molecule has 436 valence electrons. The van der Waals surface area contributed by atoms with Gasteiger partial charge in [-0.25, -0.2) is 0 Å². The van der Waals surface area contributed by atoms with Crippen LogP contribution in [0.2, 0.25) is 0 Å². The van der Waals surface area contributed by atoms with Crippen LogP contribution in [0.1, 0.15) is 310 Å². The van der Waals surface area contributed by atoms with Gasteiger partial charge in [0.2, 0.25) is 0 Å². The third-order valence-electron chi connectivity index (χ3n) is 13.8. The predicted octanol–water partition coefficient (Wildman–Crippen LogP) is 22.0. The van der Waals surface area contributed by atoms with E-state index in [4.69, 9.17) is 14.2 Å². The Morgan fingerprint density at radius 1 is 0.276 bits per heavy atom. The van der Waals surface area contributed by atoms with Crippen molar-refractivity contribution in [3.8, 4) is 0 Å². The van der Waals surface area contributed by atoms with E-state index in [2.05, 4.69) is 118 Å². The molecule has 0 aliphatic heterocycles. The molecule has 0 saturated carbocycles. The monoisotopic (exact) mass is 1060 g/mol. The third kappa shape index (κ3) is 61.2. The lowest BCUT2D eigenvalue weighted by molar-refractivity contribution is -0.167. The fraction of sp³-hybridized carbons (Fsp3) is 0.729. The first-order valence-electron chi connectivity index (χ1n) is 32.2. The van der Waals surface area contributed by atoms with Gasteiger partial charge in [0.05, 0.1) is 0 Å². The molecule has 0 aliphatic carbocycles. The lowest BCUT2D eigenvalue weighted by atomic mass is 10.0. The summed E-state index contributed by atoms with van der Waals surface area (Å²) in [7, 11) is 0. The highest BCUT2D eigenvalue weighted by atomic mass is 16.6. The molecule has 0 radical (unpaired) electrons. The van der Waals surface area contributed by atoms with E-state index in [0.29, 0.717) is 19.3 Å². The molecule has 1 atom stereocenters. The highest BCUT2D eigenvalue weighted by Crippen LogP contribution is 2.17. The van der Waals surface area contributed by atoms with Crippen molar-refractivity contribution in [2.75, 3.05) is 13.2 Å². The summed E-state index contributed by atoms with van der Waals surface area (Å²) in [5.74, 6) is -0.920. The minimum Gasteiger partial charge on any atom is -0.462 e. The van der Waals surface area contributed by atoms with E-state index in [9.17, 15) is 14.4 Å². The molecular weight excluding hydrogens is 937 g/mol. The maximum atomic E-state index is 12.9. The van der Waals surface area contributed by atoms with Crippen molar-refractivity contribution in [1.82, 2.24) is 0 Å². The van der Waals surface area contributed by atoms with Crippen LogP contribution in [0.15, 0.2) is 97.2 Å². The topological polar surface area (TPSA) is 78.9 Å². The Balaban J connectivity index is 4.25. The Morgan fingerprint density at radius 3 is 0.829 bits per heavy atom. The molecule has 76 heavy (non-hydrogen) atoms. The van der Waals surface area contributed by atoms with Gasteiger partial charge in [0, 0.05) is 19.3 Å². The zero-order chi connectivity index (χ0) is 55.0. The largest absolute Gasteiger partial charge is 0.462 e. The number of allylic oxidation sites excluding steroid dienone is 16. The SMILES string of the molecule is CC/C=C\C/C=C\C/C=C\C/C=C\CCCCCCCCCCCCCCCCCCC(=O)OCC(COC(=O)CCCCCCCCCCCCCCCC)OC(=O)CCCC/C=C\C/C=C\C/C=C\C/C=C\CC. The number of ether oxygens (including phenoxy) is 3. The van der Waals surface area contributed by atoms with E-state index in [-0.39, 0.29) is 37.5 Å². The number of hydrogen-bond donors (Lipinski definition) is 0. The standard InChI is InChI=1S/C70H120O6/c1-4-7-10-13-16-19-22-25-28-29-30-31-32-33-34-35-36-37-38-39-40-41-43-45-48-51-54-57-60-63-69(72)75-66-67(65-74-68(71)62-59-56-53-50-47-44-27-24-21-18-15-12-9-6-3)76-70(73)64-61-58-55-52-49-46-42-26-23-20-17-14-11-8-5-2/h7-8,10-11,16-17,19-20,25-26,28,30-31,42,49,52,67H,4-6,9,12-15,18,21-24,27,29,32-41,43-48,50-51,53-66H2,1-3H3/b10-7-,11-8-,19-16-,20-17-,28-25-,31-30-,42-26-,52-49-. The highest BCUT2D eigenvalue weighted by Gasteiger charge is 2.19. The van der Waals surface area contributed by atoms with Crippen molar-refractivity contribution < 1.29 is 28.6 Å². The molecule has 0 amide bonds. The summed E-state index contributed by atoms with van der Waals surface area (Å²) in [6.07, 6.45) is 85.7. The normalized spacial score (nSPS) is 12.7. The summed E-state index contributed by atoms with van der Waals surface area (Å²) in [6, 6.07) is 0. The number of carbonyl (C=O) groups excluding carboxylic acids is 3. The summed E-state index contributed by atoms with van der Waals surface area (Å²) in [4.78, 5) is 38.3. The van der Waals surface area contributed by atoms with Crippen LogP contribution in [0.3, 0.4) is 0 Å². The Kier molecular flexibility index (Phi) is 60.8. The van der Waals surface area contributed by atoms with Gasteiger partial charge in [0.15, 0.2) is 6.10 Å². The second-order valence-electron chi connectivity index (χ2n) is 21.3. The van der Waals surface area contributed by atoms with Gasteiger partial charge in [-0.05, 0) is 96.3 Å². The summed E-state index contributed by atoms with van der Waals surface area (Å²) in [5, 5.41) is 0. The first kappa shape index (κ1) is 72.3. The summed E-state index contributed by atoms with van der Waals surface area (Å²) >= 11 is 0. The fourth-order valence-electron chi connectivity index (χ4n) is 9.07. The van der Waals surface area contributed by atoms with Crippen molar-refractivity contribution in [2.24, 2.45) is 0 Å². The molecule has 0 heterocycles. The van der Waals surface area contributed by atoms with Crippen LogP contribution < -0.4 is 0 Å². The molecule has 6 heteroatoms. The van der Waals surface area contributed by atoms with Gasteiger partial charge < -0.3 is 14.2 Å². The van der Waals surface area contributed by atoms with Crippen molar-refractivity contribution >= 4 is 17.9 Å². The van der Waals surface area contributed by atoms with Crippen LogP contribution in [0.5, 0.6) is 0 Å². The number of hydrogen-bond acceptors (Lipinski definition) is 6. The summed E-state index contributed by atoms with van der Waals surface area (Å²) in [5.41, 5.74) is 0. The lowest BCUT2D eigenvalue weighted by Gasteiger charge is -2.18. The Morgan fingerprint density at radius 2 is 0.513 bits per heavy atom. The summed E-state index contributed by atoms with van der Waals surface area (Å²) in [6.45, 7) is 6.41. The van der Waals surface area contributed by atoms with Crippen molar-refractivity contribution in [3.05, 3.63) is 97.2 Å². The highest BCUT2D eigenvalue weighted by molar-refractivity contribution is 5.71. The zero-order valence-corrected chi connectivity index (χ0v) is 50.0. The van der Waals surface area contributed by atoms with E-state index in [1.54, 1.807) is 0 Å². The molecule has 6 nitrogen and oxygen atoms in total. The average Bonchev–Trinajstić information content (AvgIpc) is 3.42. The van der Waals surface area contributed by atoms with E-state index in [1.165, 1.54) is 161 Å². The molecule has 0 N–H and O–H groups in total. The molecule has 0 saturated heterocycles. The van der Waals surface area contributed by atoms with Gasteiger partial charge in [0.25, 0.3) is 0 Å². The van der Waals surface area contributed by atoms with Crippen LogP contribution in [0.4, 0.5) is 0 Å². The minimum atomic E-state index is -0.797. The molecule has 0 rings (SSSR count). The average molecular weight is 1060 g/mol. The Hall–Kier alpha value is -3.67. The van der Waals surface area contributed by atoms with Gasteiger partial charge >= 0.3 is 17.9 Å². The summed E-state index contributed by atoms with van der Waals surface area (Å²) < 4.78 is 16.9. The molecule has 0 bridgehead atoms. The van der Waals surface area contributed by atoms with Crippen LogP contribution in [-0.4, -0.2) is 37.2 Å². The van der Waals surface area contributed by atoms with E-state index in [0.717, 1.165) is 103 Å².